The first kappa shape index (κ1) is 17.7. The lowest BCUT2D eigenvalue weighted by molar-refractivity contribution is 0.233. The molecule has 1 saturated heterocycles. The Morgan fingerprint density at radius 3 is 2.60 bits per heavy atom. The van der Waals surface area contributed by atoms with Crippen LogP contribution >= 0.6 is 24.0 Å². The molecule has 0 saturated carbocycles. The molecule has 4 nitrogen and oxygen atoms in total. The summed E-state index contributed by atoms with van der Waals surface area (Å²) in [5.74, 6) is 0. The van der Waals surface area contributed by atoms with Gasteiger partial charge in [-0.2, -0.15) is 4.31 Å². The molecule has 0 bridgehead atoms. The Labute approximate surface area is 132 Å². The van der Waals surface area contributed by atoms with Crippen molar-refractivity contribution in [1.82, 2.24) is 9.62 Å². The van der Waals surface area contributed by atoms with Gasteiger partial charge >= 0.3 is 0 Å². The first-order chi connectivity index (χ1) is 8.84. The van der Waals surface area contributed by atoms with E-state index in [-0.39, 0.29) is 29.4 Å². The first-order valence-electron chi connectivity index (χ1n) is 6.35. The van der Waals surface area contributed by atoms with Crippen molar-refractivity contribution in [2.45, 2.75) is 37.8 Å². The van der Waals surface area contributed by atoms with Crippen LogP contribution in [-0.4, -0.2) is 37.9 Å². The average molecular weight is 339 g/mol. The number of benzene rings is 1. The van der Waals surface area contributed by atoms with E-state index < -0.39 is 10.0 Å². The minimum Gasteiger partial charge on any atom is -0.311 e. The predicted molar refractivity (Wildman–Crippen MR) is 84.3 cm³/mol. The molecular weight excluding hydrogens is 319 g/mol. The molecule has 0 aromatic heterocycles. The molecule has 2 atom stereocenters. The third-order valence-electron chi connectivity index (χ3n) is 3.73. The largest absolute Gasteiger partial charge is 0.311 e. The summed E-state index contributed by atoms with van der Waals surface area (Å²) in [5.41, 5.74) is 0.877. The van der Waals surface area contributed by atoms with Crippen molar-refractivity contribution in [2.24, 2.45) is 0 Å². The van der Waals surface area contributed by atoms with Gasteiger partial charge in [-0.1, -0.05) is 17.7 Å². The van der Waals surface area contributed by atoms with Crippen LogP contribution in [0.1, 0.15) is 19.4 Å². The SMILES string of the molecule is Cc1ccc(S(=O)(=O)N2CCNC(C)C2C)cc1Cl.Cl. The molecule has 1 heterocycles. The molecule has 1 fully saturated rings. The van der Waals surface area contributed by atoms with Crippen LogP contribution in [0.3, 0.4) is 0 Å². The Kier molecular flexibility index (Phi) is 5.87. The number of rotatable bonds is 2. The molecule has 0 amide bonds. The Morgan fingerprint density at radius 1 is 1.35 bits per heavy atom. The van der Waals surface area contributed by atoms with Crippen LogP contribution in [0.4, 0.5) is 0 Å². The molecule has 2 unspecified atom stereocenters. The average Bonchev–Trinajstić information content (AvgIpc) is 2.35. The Balaban J connectivity index is 0.00000200. The molecule has 0 spiro atoms. The number of nitrogens with one attached hydrogen (secondary N) is 1. The molecular formula is C13H20Cl2N2O2S. The Hall–Kier alpha value is -0.330. The van der Waals surface area contributed by atoms with E-state index in [1.807, 2.05) is 20.8 Å². The van der Waals surface area contributed by atoms with E-state index in [1.54, 1.807) is 16.4 Å². The fourth-order valence-corrected chi connectivity index (χ4v) is 4.21. The topological polar surface area (TPSA) is 49.4 Å². The molecule has 0 aliphatic carbocycles. The molecule has 1 aliphatic rings. The zero-order valence-electron chi connectivity index (χ0n) is 11.8. The maximum Gasteiger partial charge on any atom is 0.243 e. The van der Waals surface area contributed by atoms with Gasteiger partial charge in [0.2, 0.25) is 10.0 Å². The van der Waals surface area contributed by atoms with Crippen LogP contribution in [0.5, 0.6) is 0 Å². The fraction of sp³-hybridized carbons (Fsp3) is 0.538. The smallest absolute Gasteiger partial charge is 0.243 e. The highest BCUT2D eigenvalue weighted by molar-refractivity contribution is 7.89. The standard InChI is InChI=1S/C13H19ClN2O2S.ClH/c1-9-4-5-12(8-13(9)14)19(17,18)16-7-6-15-10(2)11(16)3;/h4-5,8,10-11,15H,6-7H2,1-3H3;1H. The quantitative estimate of drug-likeness (QED) is 0.900. The summed E-state index contributed by atoms with van der Waals surface area (Å²) >= 11 is 6.03. The van der Waals surface area contributed by atoms with Gasteiger partial charge in [0.25, 0.3) is 0 Å². The second kappa shape index (κ2) is 6.62. The predicted octanol–water partition coefficient (Wildman–Crippen LogP) is 2.44. The molecule has 2 rings (SSSR count). The summed E-state index contributed by atoms with van der Waals surface area (Å²) in [6.07, 6.45) is 0. The monoisotopic (exact) mass is 338 g/mol. The van der Waals surface area contributed by atoms with E-state index in [0.29, 0.717) is 18.1 Å². The van der Waals surface area contributed by atoms with Crippen LogP contribution in [-0.2, 0) is 10.0 Å². The maximum absolute atomic E-state index is 12.6. The fourth-order valence-electron chi connectivity index (χ4n) is 2.23. The van der Waals surface area contributed by atoms with Gasteiger partial charge in [0.1, 0.15) is 0 Å². The van der Waals surface area contributed by atoms with Crippen molar-refractivity contribution < 1.29 is 8.42 Å². The number of aryl methyl sites for hydroxylation is 1. The van der Waals surface area contributed by atoms with Crippen LogP contribution < -0.4 is 5.32 Å². The number of nitrogens with zero attached hydrogens (tertiary/aromatic N) is 1. The first-order valence-corrected chi connectivity index (χ1v) is 8.17. The number of sulfonamides is 1. The van der Waals surface area contributed by atoms with Crippen molar-refractivity contribution in [3.05, 3.63) is 28.8 Å². The van der Waals surface area contributed by atoms with Gasteiger partial charge in [0.15, 0.2) is 0 Å². The normalized spacial score (nSPS) is 24.2. The summed E-state index contributed by atoms with van der Waals surface area (Å²) in [4.78, 5) is 0.268. The van der Waals surface area contributed by atoms with E-state index in [1.165, 1.54) is 6.07 Å². The second-order valence-electron chi connectivity index (χ2n) is 5.01. The van der Waals surface area contributed by atoms with Crippen molar-refractivity contribution >= 4 is 34.0 Å². The van der Waals surface area contributed by atoms with Crippen molar-refractivity contribution in [3.63, 3.8) is 0 Å². The van der Waals surface area contributed by atoms with Gasteiger partial charge in [0.05, 0.1) is 4.90 Å². The summed E-state index contributed by atoms with van der Waals surface area (Å²) < 4.78 is 26.8. The van der Waals surface area contributed by atoms with Crippen LogP contribution in [0, 0.1) is 6.92 Å². The van der Waals surface area contributed by atoms with E-state index in [0.717, 1.165) is 5.56 Å². The van der Waals surface area contributed by atoms with E-state index in [4.69, 9.17) is 11.6 Å². The van der Waals surface area contributed by atoms with Gasteiger partial charge in [-0.15, -0.1) is 12.4 Å². The molecule has 1 aromatic carbocycles. The van der Waals surface area contributed by atoms with Crippen molar-refractivity contribution in [1.29, 1.82) is 0 Å². The third kappa shape index (κ3) is 3.28. The van der Waals surface area contributed by atoms with Crippen LogP contribution in [0.25, 0.3) is 0 Å². The summed E-state index contributed by atoms with van der Waals surface area (Å²) in [6, 6.07) is 4.97. The molecule has 1 aromatic rings. The van der Waals surface area contributed by atoms with Gasteiger partial charge in [-0.25, -0.2) is 8.42 Å². The van der Waals surface area contributed by atoms with Gasteiger partial charge in [-0.3, -0.25) is 0 Å². The molecule has 114 valence electrons. The zero-order chi connectivity index (χ0) is 14.2. The number of piperazine rings is 1. The molecule has 1 aliphatic heterocycles. The van der Waals surface area contributed by atoms with Gasteiger partial charge in [-0.05, 0) is 38.5 Å². The lowest BCUT2D eigenvalue weighted by atomic mass is 10.1. The van der Waals surface area contributed by atoms with Crippen molar-refractivity contribution in [2.75, 3.05) is 13.1 Å². The van der Waals surface area contributed by atoms with Crippen LogP contribution in [0.15, 0.2) is 23.1 Å². The lowest BCUT2D eigenvalue weighted by Crippen LogP contribution is -2.57. The maximum atomic E-state index is 12.6. The van der Waals surface area contributed by atoms with E-state index in [9.17, 15) is 8.42 Å². The minimum absolute atomic E-state index is 0. The molecule has 0 radical (unpaired) electrons. The Morgan fingerprint density at radius 2 is 2.00 bits per heavy atom. The minimum atomic E-state index is -3.47. The molecule has 20 heavy (non-hydrogen) atoms. The summed E-state index contributed by atoms with van der Waals surface area (Å²) in [7, 11) is -3.47. The number of hydrogen-bond donors (Lipinski definition) is 1. The summed E-state index contributed by atoms with van der Waals surface area (Å²) in [5, 5.41) is 3.76. The Bertz CT molecular complexity index is 578. The molecule has 1 N–H and O–H groups in total. The van der Waals surface area contributed by atoms with Crippen molar-refractivity contribution in [3.8, 4) is 0 Å². The lowest BCUT2D eigenvalue weighted by Gasteiger charge is -2.37. The third-order valence-corrected chi connectivity index (χ3v) is 6.12. The zero-order valence-corrected chi connectivity index (χ0v) is 14.1. The number of hydrogen-bond acceptors (Lipinski definition) is 3. The van der Waals surface area contributed by atoms with E-state index >= 15 is 0 Å². The summed E-state index contributed by atoms with van der Waals surface area (Å²) in [6.45, 7) is 6.93. The van der Waals surface area contributed by atoms with E-state index in [2.05, 4.69) is 5.32 Å². The highest BCUT2D eigenvalue weighted by atomic mass is 35.5. The molecule has 7 heteroatoms. The highest BCUT2D eigenvalue weighted by Gasteiger charge is 2.34. The van der Waals surface area contributed by atoms with Gasteiger partial charge in [0, 0.05) is 30.2 Å². The van der Waals surface area contributed by atoms with Crippen LogP contribution in [0.2, 0.25) is 5.02 Å². The number of halogens is 2. The van der Waals surface area contributed by atoms with Gasteiger partial charge < -0.3 is 5.32 Å². The highest BCUT2D eigenvalue weighted by Crippen LogP contribution is 2.25. The second-order valence-corrected chi connectivity index (χ2v) is 7.31.